The van der Waals surface area contributed by atoms with Crippen molar-refractivity contribution < 1.29 is 0 Å². The Balaban J connectivity index is 1.83. The fraction of sp³-hybridized carbons (Fsp3) is 0.385. The van der Waals surface area contributed by atoms with Gasteiger partial charge in [-0.15, -0.1) is 11.3 Å². The predicted octanol–water partition coefficient (Wildman–Crippen LogP) is 2.18. The molecule has 3 aromatic rings. The number of imidazole rings is 1. The Labute approximate surface area is 114 Å². The summed E-state index contributed by atoms with van der Waals surface area (Å²) in [5, 5.41) is 9.94. The molecular weight excluding hydrogens is 258 g/mol. The van der Waals surface area contributed by atoms with Crippen LogP contribution in [0.25, 0.3) is 10.8 Å². The number of hydrogen-bond donors (Lipinski definition) is 1. The van der Waals surface area contributed by atoms with Crippen molar-refractivity contribution in [2.75, 3.05) is 7.05 Å². The molecule has 0 aliphatic heterocycles. The third-order valence-corrected chi connectivity index (χ3v) is 4.26. The number of nitrogens with one attached hydrogen (secondary N) is 1. The molecule has 5 nitrogen and oxygen atoms in total. The summed E-state index contributed by atoms with van der Waals surface area (Å²) in [6, 6.07) is 2.12. The number of aromatic nitrogens is 4. The number of fused-ring (bicyclic) bond motifs is 1. The van der Waals surface area contributed by atoms with Gasteiger partial charge in [-0.05, 0) is 26.0 Å². The van der Waals surface area contributed by atoms with Crippen LogP contribution < -0.4 is 5.32 Å². The van der Waals surface area contributed by atoms with Gasteiger partial charge in [0.25, 0.3) is 0 Å². The van der Waals surface area contributed by atoms with Crippen LogP contribution in [0.2, 0.25) is 0 Å². The van der Waals surface area contributed by atoms with Crippen LogP contribution in [-0.2, 0) is 6.54 Å². The second-order valence-corrected chi connectivity index (χ2v) is 5.80. The van der Waals surface area contributed by atoms with Crippen LogP contribution in [0.1, 0.15) is 30.1 Å². The number of hydrogen-bond acceptors (Lipinski definition) is 4. The minimum Gasteiger partial charge on any atom is -0.314 e. The summed E-state index contributed by atoms with van der Waals surface area (Å²) in [7, 11) is 1.95. The van der Waals surface area contributed by atoms with Crippen LogP contribution in [0.4, 0.5) is 0 Å². The van der Waals surface area contributed by atoms with E-state index in [4.69, 9.17) is 4.98 Å². The maximum atomic E-state index is 4.70. The van der Waals surface area contributed by atoms with Crippen LogP contribution in [0.15, 0.2) is 23.8 Å². The highest BCUT2D eigenvalue weighted by Crippen LogP contribution is 2.39. The molecule has 98 valence electrons. The van der Waals surface area contributed by atoms with Gasteiger partial charge in [0.2, 0.25) is 0 Å². The van der Waals surface area contributed by atoms with E-state index >= 15 is 0 Å². The molecule has 1 fully saturated rings. The lowest BCUT2D eigenvalue weighted by molar-refractivity contribution is 0.748. The van der Waals surface area contributed by atoms with Gasteiger partial charge in [-0.25, -0.2) is 4.68 Å². The molecular formula is C13H15N5S. The molecule has 19 heavy (non-hydrogen) atoms. The van der Waals surface area contributed by atoms with E-state index < -0.39 is 0 Å². The third kappa shape index (κ3) is 1.79. The highest BCUT2D eigenvalue weighted by atomic mass is 32.1. The fourth-order valence-corrected chi connectivity index (χ4v) is 3.12. The molecule has 1 saturated carbocycles. The van der Waals surface area contributed by atoms with Crippen molar-refractivity contribution in [2.24, 2.45) is 0 Å². The summed E-state index contributed by atoms with van der Waals surface area (Å²) in [4.78, 5) is 5.71. The van der Waals surface area contributed by atoms with Crippen molar-refractivity contribution in [3.63, 3.8) is 0 Å². The standard InChI is InChI=1S/C13H15N5S/c1-14-8-11-12(15-13-17(11)6-7-19-13)18-5-4-10(16-18)9-2-3-9/h4-7,9,14H,2-3,8H2,1H3. The van der Waals surface area contributed by atoms with E-state index in [0.29, 0.717) is 5.92 Å². The van der Waals surface area contributed by atoms with Crippen LogP contribution in [-0.4, -0.2) is 26.2 Å². The molecule has 0 amide bonds. The monoisotopic (exact) mass is 273 g/mol. The van der Waals surface area contributed by atoms with E-state index in [-0.39, 0.29) is 0 Å². The van der Waals surface area contributed by atoms with E-state index in [9.17, 15) is 0 Å². The van der Waals surface area contributed by atoms with E-state index in [2.05, 4.69) is 32.5 Å². The number of thiazole rings is 1. The van der Waals surface area contributed by atoms with Crippen molar-refractivity contribution in [1.82, 2.24) is 24.5 Å². The molecule has 1 aliphatic rings. The zero-order valence-corrected chi connectivity index (χ0v) is 11.5. The Hall–Kier alpha value is -1.66. The van der Waals surface area contributed by atoms with E-state index in [1.165, 1.54) is 18.5 Å². The molecule has 3 heterocycles. The maximum Gasteiger partial charge on any atom is 0.196 e. The Morgan fingerprint density at radius 2 is 2.32 bits per heavy atom. The second-order valence-electron chi connectivity index (χ2n) is 4.93. The zero-order chi connectivity index (χ0) is 12.8. The van der Waals surface area contributed by atoms with Crippen LogP contribution in [0, 0.1) is 0 Å². The lowest BCUT2D eigenvalue weighted by Crippen LogP contribution is -2.11. The highest BCUT2D eigenvalue weighted by molar-refractivity contribution is 7.15. The van der Waals surface area contributed by atoms with E-state index in [0.717, 1.165) is 23.0 Å². The van der Waals surface area contributed by atoms with Crippen LogP contribution in [0.3, 0.4) is 0 Å². The summed E-state index contributed by atoms with van der Waals surface area (Å²) in [5.74, 6) is 1.62. The average Bonchev–Trinajstić information content (AvgIpc) is 2.87. The van der Waals surface area contributed by atoms with Gasteiger partial charge in [0.15, 0.2) is 10.8 Å². The topological polar surface area (TPSA) is 47.2 Å². The van der Waals surface area contributed by atoms with Gasteiger partial charge in [-0.3, -0.25) is 4.40 Å². The number of nitrogens with zero attached hydrogens (tertiary/aromatic N) is 4. The van der Waals surface area contributed by atoms with Gasteiger partial charge in [-0.2, -0.15) is 10.1 Å². The summed E-state index contributed by atoms with van der Waals surface area (Å²) in [6.07, 6.45) is 6.64. The minimum atomic E-state index is 0.678. The van der Waals surface area contributed by atoms with Crippen LogP contribution in [0.5, 0.6) is 0 Å². The molecule has 0 spiro atoms. The molecule has 0 bridgehead atoms. The van der Waals surface area contributed by atoms with Crippen molar-refractivity contribution in [2.45, 2.75) is 25.3 Å². The Kier molecular flexibility index (Phi) is 2.46. The molecule has 0 radical (unpaired) electrons. The summed E-state index contributed by atoms with van der Waals surface area (Å²) >= 11 is 1.65. The molecule has 0 saturated heterocycles. The first-order valence-corrected chi connectivity index (χ1v) is 7.40. The maximum absolute atomic E-state index is 4.70. The van der Waals surface area contributed by atoms with Gasteiger partial charge in [0.05, 0.1) is 11.4 Å². The largest absolute Gasteiger partial charge is 0.314 e. The average molecular weight is 273 g/mol. The second kappa shape index (κ2) is 4.18. The van der Waals surface area contributed by atoms with Gasteiger partial charge in [0, 0.05) is 30.2 Å². The smallest absolute Gasteiger partial charge is 0.196 e. The van der Waals surface area contributed by atoms with Gasteiger partial charge < -0.3 is 5.32 Å². The first-order chi connectivity index (χ1) is 9.36. The van der Waals surface area contributed by atoms with Crippen molar-refractivity contribution in [1.29, 1.82) is 0 Å². The SMILES string of the molecule is CNCc1c(-n2ccc(C3CC3)n2)nc2sccn12. The molecule has 4 rings (SSSR count). The normalized spacial score (nSPS) is 15.4. The fourth-order valence-electron chi connectivity index (χ4n) is 2.39. The molecule has 3 aromatic heterocycles. The van der Waals surface area contributed by atoms with Crippen molar-refractivity contribution in [3.8, 4) is 5.82 Å². The number of rotatable bonds is 4. The molecule has 0 aromatic carbocycles. The molecule has 1 aliphatic carbocycles. The Bertz CT molecular complexity index is 718. The van der Waals surface area contributed by atoms with Crippen LogP contribution >= 0.6 is 11.3 Å². The first-order valence-electron chi connectivity index (χ1n) is 6.52. The summed E-state index contributed by atoms with van der Waals surface area (Å²) < 4.78 is 4.05. The molecule has 1 N–H and O–H groups in total. The van der Waals surface area contributed by atoms with Crippen molar-refractivity contribution in [3.05, 3.63) is 35.2 Å². The zero-order valence-electron chi connectivity index (χ0n) is 10.7. The minimum absolute atomic E-state index is 0.678. The van der Waals surface area contributed by atoms with Crippen molar-refractivity contribution >= 4 is 16.3 Å². The van der Waals surface area contributed by atoms with E-state index in [1.807, 2.05) is 17.9 Å². The Morgan fingerprint density at radius 3 is 3.11 bits per heavy atom. The summed E-state index contributed by atoms with van der Waals surface area (Å²) in [5.41, 5.74) is 2.36. The van der Waals surface area contributed by atoms with Gasteiger partial charge in [0.1, 0.15) is 0 Å². The lowest BCUT2D eigenvalue weighted by Gasteiger charge is -2.03. The van der Waals surface area contributed by atoms with Gasteiger partial charge in [-0.1, -0.05) is 0 Å². The third-order valence-electron chi connectivity index (χ3n) is 3.51. The van der Waals surface area contributed by atoms with Gasteiger partial charge >= 0.3 is 0 Å². The highest BCUT2D eigenvalue weighted by Gasteiger charge is 2.26. The first kappa shape index (κ1) is 11.2. The molecule has 0 unspecified atom stereocenters. The van der Waals surface area contributed by atoms with E-state index in [1.54, 1.807) is 11.3 Å². The molecule has 6 heteroatoms. The predicted molar refractivity (Wildman–Crippen MR) is 74.9 cm³/mol. The summed E-state index contributed by atoms with van der Waals surface area (Å²) in [6.45, 7) is 0.784. The lowest BCUT2D eigenvalue weighted by atomic mass is 10.3. The quantitative estimate of drug-likeness (QED) is 0.792. The molecule has 0 atom stereocenters. The Morgan fingerprint density at radius 1 is 1.42 bits per heavy atom.